The Labute approximate surface area is 171 Å². The number of hydrogen-bond donors (Lipinski definition) is 2. The van der Waals surface area contributed by atoms with Gasteiger partial charge in [0.05, 0.1) is 37.2 Å². The van der Waals surface area contributed by atoms with Crippen molar-refractivity contribution in [2.24, 2.45) is 0 Å². The molecule has 0 aliphatic carbocycles. The molecule has 4 rings (SSSR count). The summed E-state index contributed by atoms with van der Waals surface area (Å²) in [5.74, 6) is -0.900. The van der Waals surface area contributed by atoms with Gasteiger partial charge in [-0.2, -0.15) is 0 Å². The zero-order valence-electron chi connectivity index (χ0n) is 16.1. The number of cyclic esters (lactones) is 1. The van der Waals surface area contributed by atoms with E-state index in [0.717, 1.165) is 0 Å². The van der Waals surface area contributed by atoms with Crippen LogP contribution in [0.2, 0.25) is 0 Å². The fourth-order valence-electron chi connectivity index (χ4n) is 3.56. The molecule has 1 atom stereocenters. The number of aromatic nitrogens is 3. The quantitative estimate of drug-likeness (QED) is 0.672. The first-order chi connectivity index (χ1) is 14.5. The van der Waals surface area contributed by atoms with Gasteiger partial charge in [-0.05, 0) is 18.2 Å². The lowest BCUT2D eigenvalue weighted by Crippen LogP contribution is -2.45. The number of carbonyl (C=O) groups is 2. The summed E-state index contributed by atoms with van der Waals surface area (Å²) in [5, 5.41) is 17.9. The number of anilines is 2. The lowest BCUT2D eigenvalue weighted by Gasteiger charge is -2.24. The molecule has 0 radical (unpaired) electrons. The van der Waals surface area contributed by atoms with Crippen molar-refractivity contribution in [3.8, 4) is 0 Å². The van der Waals surface area contributed by atoms with Gasteiger partial charge in [-0.15, -0.1) is 5.10 Å². The van der Waals surface area contributed by atoms with Gasteiger partial charge in [0.25, 0.3) is 5.91 Å². The van der Waals surface area contributed by atoms with Crippen molar-refractivity contribution in [1.82, 2.24) is 25.4 Å². The van der Waals surface area contributed by atoms with Crippen molar-refractivity contribution >= 4 is 23.4 Å². The number of aliphatic hydroxyl groups is 1. The van der Waals surface area contributed by atoms with E-state index in [1.807, 2.05) is 4.90 Å². The van der Waals surface area contributed by atoms with Crippen LogP contribution in [0.25, 0.3) is 0 Å². The summed E-state index contributed by atoms with van der Waals surface area (Å²) >= 11 is 0. The predicted octanol–water partition coefficient (Wildman–Crippen LogP) is -0.412. The van der Waals surface area contributed by atoms with Gasteiger partial charge < -0.3 is 14.7 Å². The number of halogens is 1. The van der Waals surface area contributed by atoms with Crippen molar-refractivity contribution in [3.63, 3.8) is 0 Å². The average molecular weight is 419 g/mol. The molecule has 30 heavy (non-hydrogen) atoms. The highest BCUT2D eigenvalue weighted by molar-refractivity contribution is 5.90. The lowest BCUT2D eigenvalue weighted by molar-refractivity contribution is -0.136. The molecule has 1 aromatic heterocycles. The van der Waals surface area contributed by atoms with Crippen molar-refractivity contribution < 1.29 is 23.8 Å². The minimum Gasteiger partial charge on any atom is -0.442 e. The van der Waals surface area contributed by atoms with Crippen LogP contribution in [0.15, 0.2) is 30.6 Å². The van der Waals surface area contributed by atoms with E-state index in [0.29, 0.717) is 44.1 Å². The molecule has 2 aliphatic heterocycles. The second-order valence-electron chi connectivity index (χ2n) is 6.98. The van der Waals surface area contributed by atoms with Gasteiger partial charge in [-0.1, -0.05) is 5.21 Å². The van der Waals surface area contributed by atoms with Gasteiger partial charge in [0, 0.05) is 25.8 Å². The fourth-order valence-corrected chi connectivity index (χ4v) is 3.56. The maximum atomic E-state index is 14.9. The summed E-state index contributed by atoms with van der Waals surface area (Å²) in [4.78, 5) is 27.1. The molecule has 2 N–H and O–H groups in total. The second-order valence-corrected chi connectivity index (χ2v) is 6.98. The van der Waals surface area contributed by atoms with E-state index in [1.54, 1.807) is 29.2 Å². The molecule has 2 aromatic rings. The molecule has 2 amide bonds. The first-order valence-electron chi connectivity index (χ1n) is 9.56. The van der Waals surface area contributed by atoms with Crippen LogP contribution in [0.3, 0.4) is 0 Å². The second kappa shape index (κ2) is 8.63. The number of benzene rings is 1. The molecule has 3 heterocycles. The maximum absolute atomic E-state index is 14.9. The summed E-state index contributed by atoms with van der Waals surface area (Å²) in [6.07, 6.45) is 2.27. The van der Waals surface area contributed by atoms with Gasteiger partial charge in [0.2, 0.25) is 0 Å². The molecule has 0 saturated carbocycles. The Bertz CT molecular complexity index is 910. The minimum absolute atomic E-state index is 0.281. The third-order valence-corrected chi connectivity index (χ3v) is 5.03. The number of amides is 2. The highest BCUT2D eigenvalue weighted by atomic mass is 19.1. The normalized spacial score (nSPS) is 19.7. The molecule has 12 heteroatoms. The van der Waals surface area contributed by atoms with E-state index < -0.39 is 30.5 Å². The zero-order valence-corrected chi connectivity index (χ0v) is 16.1. The molecular formula is C18H22FN7O4. The topological polar surface area (TPSA) is 116 Å². The SMILES string of the molecule is O=C(CO)N1CCN(c2ccc(N3C[C@H](Cn4ccnn4)OC3=O)cc2F)CCN1. The minimum atomic E-state index is -0.583. The average Bonchev–Trinajstić information content (AvgIpc) is 3.30. The number of hydrogen-bond acceptors (Lipinski definition) is 8. The van der Waals surface area contributed by atoms with Gasteiger partial charge >= 0.3 is 6.09 Å². The molecule has 11 nitrogen and oxygen atoms in total. The molecule has 1 aromatic carbocycles. The van der Waals surface area contributed by atoms with Crippen LogP contribution in [0.1, 0.15) is 0 Å². The number of rotatable bonds is 5. The summed E-state index contributed by atoms with van der Waals surface area (Å²) in [7, 11) is 0. The van der Waals surface area contributed by atoms with E-state index in [2.05, 4.69) is 15.7 Å². The Morgan fingerprint density at radius 3 is 2.93 bits per heavy atom. The van der Waals surface area contributed by atoms with Gasteiger partial charge in [0.1, 0.15) is 18.5 Å². The number of ether oxygens (including phenoxy) is 1. The third kappa shape index (κ3) is 4.19. The van der Waals surface area contributed by atoms with Crippen LogP contribution in [-0.4, -0.2) is 82.5 Å². The van der Waals surface area contributed by atoms with Crippen molar-refractivity contribution in [2.45, 2.75) is 12.6 Å². The van der Waals surface area contributed by atoms with Crippen LogP contribution in [0.4, 0.5) is 20.6 Å². The monoisotopic (exact) mass is 419 g/mol. The van der Waals surface area contributed by atoms with Crippen molar-refractivity contribution in [1.29, 1.82) is 0 Å². The van der Waals surface area contributed by atoms with Crippen molar-refractivity contribution in [3.05, 3.63) is 36.4 Å². The first kappa shape index (κ1) is 20.0. The van der Waals surface area contributed by atoms with Crippen LogP contribution in [-0.2, 0) is 16.1 Å². The highest BCUT2D eigenvalue weighted by Crippen LogP contribution is 2.28. The number of nitrogens with zero attached hydrogens (tertiary/aromatic N) is 6. The molecule has 2 aliphatic rings. The molecular weight excluding hydrogens is 397 g/mol. The van der Waals surface area contributed by atoms with Gasteiger partial charge in [-0.3, -0.25) is 14.7 Å². The largest absolute Gasteiger partial charge is 0.442 e. The highest BCUT2D eigenvalue weighted by Gasteiger charge is 2.33. The molecule has 2 saturated heterocycles. The number of hydrazine groups is 1. The summed E-state index contributed by atoms with van der Waals surface area (Å²) in [6.45, 7) is 1.69. The third-order valence-electron chi connectivity index (χ3n) is 5.03. The molecule has 0 bridgehead atoms. The van der Waals surface area contributed by atoms with E-state index >= 15 is 0 Å². The Morgan fingerprint density at radius 1 is 1.33 bits per heavy atom. The van der Waals surface area contributed by atoms with Gasteiger partial charge in [-0.25, -0.2) is 19.3 Å². The van der Waals surface area contributed by atoms with Gasteiger partial charge in [0.15, 0.2) is 0 Å². The van der Waals surface area contributed by atoms with Crippen LogP contribution in [0, 0.1) is 5.82 Å². The number of carbonyl (C=O) groups excluding carboxylic acids is 2. The van der Waals surface area contributed by atoms with E-state index in [9.17, 15) is 14.0 Å². The molecule has 0 spiro atoms. The lowest BCUT2D eigenvalue weighted by atomic mass is 10.2. The summed E-state index contributed by atoms with van der Waals surface area (Å²) in [6, 6.07) is 4.60. The van der Waals surface area contributed by atoms with Crippen LogP contribution in [0.5, 0.6) is 0 Å². The molecule has 0 unspecified atom stereocenters. The van der Waals surface area contributed by atoms with E-state index in [1.165, 1.54) is 16.0 Å². The number of nitrogens with one attached hydrogen (secondary N) is 1. The Kier molecular flexibility index (Phi) is 5.77. The first-order valence-corrected chi connectivity index (χ1v) is 9.56. The smallest absolute Gasteiger partial charge is 0.414 e. The Balaban J connectivity index is 1.43. The predicted molar refractivity (Wildman–Crippen MR) is 103 cm³/mol. The molecule has 2 fully saturated rings. The standard InChI is InChI=1S/C18H22FN7O4/c19-15-9-13(25-11-14(30-18(25)29)10-24-6-3-20-22-24)1-2-16(15)23-5-4-21-26(8-7-23)17(28)12-27/h1-3,6,9,14,21,27H,4-5,7-8,10-12H2/t14-/m0/s1. The maximum Gasteiger partial charge on any atom is 0.414 e. The summed E-state index contributed by atoms with van der Waals surface area (Å²) < 4.78 is 21.8. The van der Waals surface area contributed by atoms with Crippen molar-refractivity contribution in [2.75, 3.05) is 49.1 Å². The molecule has 160 valence electrons. The van der Waals surface area contributed by atoms with E-state index in [4.69, 9.17) is 9.84 Å². The van der Waals surface area contributed by atoms with Crippen LogP contribution < -0.4 is 15.2 Å². The Morgan fingerprint density at radius 2 is 2.20 bits per heavy atom. The Hall–Kier alpha value is -3.25. The van der Waals surface area contributed by atoms with Crippen LogP contribution >= 0.6 is 0 Å². The zero-order chi connectivity index (χ0) is 21.1. The fraction of sp³-hybridized carbons (Fsp3) is 0.444. The van der Waals surface area contributed by atoms with E-state index in [-0.39, 0.29) is 6.54 Å². The number of aliphatic hydroxyl groups excluding tert-OH is 1. The summed E-state index contributed by atoms with van der Waals surface area (Å²) in [5.41, 5.74) is 3.70.